The summed E-state index contributed by atoms with van der Waals surface area (Å²) in [5.41, 5.74) is 1.39. The Labute approximate surface area is 109 Å². The number of halogens is 1. The molecule has 0 spiro atoms. The molecule has 0 heterocycles. The summed E-state index contributed by atoms with van der Waals surface area (Å²) in [6.07, 6.45) is 7.53. The summed E-state index contributed by atoms with van der Waals surface area (Å²) in [6.45, 7) is 0. The van der Waals surface area contributed by atoms with Crippen molar-refractivity contribution in [1.82, 2.24) is 0 Å². The molecule has 0 bridgehead atoms. The lowest BCUT2D eigenvalue weighted by molar-refractivity contribution is 0.414. The van der Waals surface area contributed by atoms with Crippen molar-refractivity contribution in [3.63, 3.8) is 0 Å². The van der Waals surface area contributed by atoms with Crippen LogP contribution in [0.4, 0.5) is 0 Å². The van der Waals surface area contributed by atoms with E-state index in [9.17, 15) is 0 Å². The Bertz CT molecular complexity index is 329. The summed E-state index contributed by atoms with van der Waals surface area (Å²) in [5, 5.41) is 0.436. The lowest BCUT2D eigenvalue weighted by Crippen LogP contribution is -2.00. The highest BCUT2D eigenvalue weighted by atomic mass is 35.5. The minimum absolute atomic E-state index is 0.436. The first-order valence-corrected chi connectivity index (χ1v) is 7.00. The predicted molar refractivity (Wildman–Crippen MR) is 72.9 cm³/mol. The molecule has 0 aromatic heterocycles. The third-order valence-electron chi connectivity index (χ3n) is 3.49. The summed E-state index contributed by atoms with van der Waals surface area (Å²) < 4.78 is 5.14. The quantitative estimate of drug-likeness (QED) is 0.515. The van der Waals surface area contributed by atoms with Crippen LogP contribution in [0.1, 0.15) is 37.7 Å². The van der Waals surface area contributed by atoms with Crippen molar-refractivity contribution in [2.75, 3.05) is 7.11 Å². The summed E-state index contributed by atoms with van der Waals surface area (Å²) >= 11 is 6.28. The molecule has 2 heteroatoms. The maximum Gasteiger partial charge on any atom is 0.118 e. The summed E-state index contributed by atoms with van der Waals surface area (Å²) in [6, 6.07) is 8.36. The molecule has 0 saturated heterocycles. The van der Waals surface area contributed by atoms with E-state index in [0.29, 0.717) is 5.38 Å². The van der Waals surface area contributed by atoms with Gasteiger partial charge in [0.1, 0.15) is 5.75 Å². The first kappa shape index (κ1) is 12.8. The smallest absolute Gasteiger partial charge is 0.118 e. The van der Waals surface area contributed by atoms with Gasteiger partial charge in [-0.15, -0.1) is 11.6 Å². The van der Waals surface area contributed by atoms with Crippen molar-refractivity contribution in [3.05, 3.63) is 29.8 Å². The van der Waals surface area contributed by atoms with E-state index in [0.717, 1.165) is 18.1 Å². The molecule has 2 rings (SSSR count). The van der Waals surface area contributed by atoms with Gasteiger partial charge in [0.2, 0.25) is 0 Å². The van der Waals surface area contributed by atoms with Gasteiger partial charge in [-0.25, -0.2) is 0 Å². The topological polar surface area (TPSA) is 9.23 Å². The van der Waals surface area contributed by atoms with E-state index < -0.39 is 0 Å². The molecule has 94 valence electrons. The molecular weight excluding hydrogens is 232 g/mol. The number of methoxy groups -OCH3 is 1. The number of benzene rings is 1. The van der Waals surface area contributed by atoms with Crippen LogP contribution in [-0.2, 0) is 6.42 Å². The number of rotatable bonds is 7. The second kappa shape index (κ2) is 6.30. The van der Waals surface area contributed by atoms with Crippen LogP contribution in [0.3, 0.4) is 0 Å². The Morgan fingerprint density at radius 1 is 1.24 bits per heavy atom. The highest BCUT2D eigenvalue weighted by Crippen LogP contribution is 2.37. The summed E-state index contributed by atoms with van der Waals surface area (Å²) in [7, 11) is 1.70. The molecule has 17 heavy (non-hydrogen) atoms. The van der Waals surface area contributed by atoms with E-state index in [2.05, 4.69) is 12.1 Å². The minimum Gasteiger partial charge on any atom is -0.497 e. The summed E-state index contributed by atoms with van der Waals surface area (Å²) in [5.74, 6) is 1.76. The van der Waals surface area contributed by atoms with Crippen molar-refractivity contribution >= 4 is 11.6 Å². The van der Waals surface area contributed by atoms with E-state index in [-0.39, 0.29) is 0 Å². The van der Waals surface area contributed by atoms with Crippen LogP contribution in [0.5, 0.6) is 5.75 Å². The monoisotopic (exact) mass is 252 g/mol. The molecule has 0 aliphatic heterocycles. The van der Waals surface area contributed by atoms with Gasteiger partial charge in [-0.3, -0.25) is 0 Å². The van der Waals surface area contributed by atoms with E-state index in [4.69, 9.17) is 16.3 Å². The number of unbranched alkanes of at least 4 members (excludes halogenated alkanes) is 1. The van der Waals surface area contributed by atoms with Crippen molar-refractivity contribution in [1.29, 1.82) is 0 Å². The Morgan fingerprint density at radius 2 is 1.94 bits per heavy atom. The standard InChI is InChI=1S/C15H21ClO/c1-17-14-10-6-12(7-11-14)4-2-3-5-15(16)13-8-9-13/h6-7,10-11,13,15H,2-5,8-9H2,1H3. The zero-order valence-electron chi connectivity index (χ0n) is 10.5. The van der Waals surface area contributed by atoms with Gasteiger partial charge in [0.15, 0.2) is 0 Å². The second-order valence-electron chi connectivity index (χ2n) is 4.95. The molecule has 0 N–H and O–H groups in total. The lowest BCUT2D eigenvalue weighted by atomic mass is 10.0. The van der Waals surface area contributed by atoms with Crippen molar-refractivity contribution in [2.24, 2.45) is 5.92 Å². The highest BCUT2D eigenvalue weighted by Gasteiger charge is 2.28. The van der Waals surface area contributed by atoms with Crippen LogP contribution in [-0.4, -0.2) is 12.5 Å². The van der Waals surface area contributed by atoms with Gasteiger partial charge in [-0.2, -0.15) is 0 Å². The molecule has 1 nitrogen and oxygen atoms in total. The lowest BCUT2D eigenvalue weighted by Gasteiger charge is -2.07. The van der Waals surface area contributed by atoms with Crippen LogP contribution in [0.2, 0.25) is 0 Å². The fourth-order valence-electron chi connectivity index (χ4n) is 2.15. The number of alkyl halides is 1. The van der Waals surface area contributed by atoms with Gasteiger partial charge in [0.25, 0.3) is 0 Å². The number of hydrogen-bond acceptors (Lipinski definition) is 1. The Hall–Kier alpha value is -0.690. The highest BCUT2D eigenvalue weighted by molar-refractivity contribution is 6.20. The Kier molecular flexibility index (Phi) is 4.73. The molecule has 1 atom stereocenters. The van der Waals surface area contributed by atoms with Crippen molar-refractivity contribution in [3.8, 4) is 5.75 Å². The molecule has 1 aliphatic carbocycles. The van der Waals surface area contributed by atoms with Gasteiger partial charge in [-0.1, -0.05) is 18.6 Å². The molecule has 1 saturated carbocycles. The van der Waals surface area contributed by atoms with Gasteiger partial charge in [-0.05, 0) is 55.7 Å². The predicted octanol–water partition coefficient (Wildman–Crippen LogP) is 4.43. The van der Waals surface area contributed by atoms with Crippen molar-refractivity contribution in [2.45, 2.75) is 43.9 Å². The average Bonchev–Trinajstić information content (AvgIpc) is 3.19. The molecule has 0 radical (unpaired) electrons. The second-order valence-corrected chi connectivity index (χ2v) is 5.51. The molecule has 0 amide bonds. The molecule has 1 aliphatic rings. The number of aryl methyl sites for hydroxylation is 1. The van der Waals surface area contributed by atoms with E-state index in [1.165, 1.54) is 37.7 Å². The third-order valence-corrected chi connectivity index (χ3v) is 4.06. The Balaban J connectivity index is 1.63. The minimum atomic E-state index is 0.436. The van der Waals surface area contributed by atoms with E-state index >= 15 is 0 Å². The van der Waals surface area contributed by atoms with Gasteiger partial charge >= 0.3 is 0 Å². The van der Waals surface area contributed by atoms with Gasteiger partial charge in [0, 0.05) is 5.38 Å². The third kappa shape index (κ3) is 4.23. The molecule has 1 aromatic rings. The fraction of sp³-hybridized carbons (Fsp3) is 0.600. The molecule has 1 unspecified atom stereocenters. The largest absolute Gasteiger partial charge is 0.497 e. The van der Waals surface area contributed by atoms with E-state index in [1.54, 1.807) is 7.11 Å². The van der Waals surface area contributed by atoms with Gasteiger partial charge in [0.05, 0.1) is 7.11 Å². The zero-order chi connectivity index (χ0) is 12.1. The van der Waals surface area contributed by atoms with Gasteiger partial charge < -0.3 is 4.74 Å². The normalized spacial score (nSPS) is 16.8. The molecule has 1 aromatic carbocycles. The zero-order valence-corrected chi connectivity index (χ0v) is 11.2. The van der Waals surface area contributed by atoms with Crippen LogP contribution in [0.15, 0.2) is 24.3 Å². The average molecular weight is 253 g/mol. The van der Waals surface area contributed by atoms with Crippen LogP contribution >= 0.6 is 11.6 Å². The van der Waals surface area contributed by atoms with Crippen LogP contribution in [0, 0.1) is 5.92 Å². The first-order chi connectivity index (χ1) is 8.29. The number of ether oxygens (including phenoxy) is 1. The Morgan fingerprint density at radius 3 is 2.53 bits per heavy atom. The fourth-order valence-corrected chi connectivity index (χ4v) is 2.56. The van der Waals surface area contributed by atoms with Crippen LogP contribution in [0.25, 0.3) is 0 Å². The SMILES string of the molecule is COc1ccc(CCCCC(Cl)C2CC2)cc1. The maximum absolute atomic E-state index is 6.28. The maximum atomic E-state index is 6.28. The molecule has 1 fully saturated rings. The van der Waals surface area contributed by atoms with Crippen LogP contribution < -0.4 is 4.74 Å². The van der Waals surface area contributed by atoms with Crippen molar-refractivity contribution < 1.29 is 4.74 Å². The number of hydrogen-bond donors (Lipinski definition) is 0. The molecular formula is C15H21ClO. The van der Waals surface area contributed by atoms with E-state index in [1.807, 2.05) is 12.1 Å². The first-order valence-electron chi connectivity index (χ1n) is 6.56. The summed E-state index contributed by atoms with van der Waals surface area (Å²) in [4.78, 5) is 0.